The van der Waals surface area contributed by atoms with Gasteiger partial charge in [0.1, 0.15) is 0 Å². The largest absolute Gasteiger partial charge is 0.329 e. The Morgan fingerprint density at radius 2 is 2.00 bits per heavy atom. The van der Waals surface area contributed by atoms with Gasteiger partial charge in [0.05, 0.1) is 4.92 Å². The van der Waals surface area contributed by atoms with E-state index in [0.29, 0.717) is 10.9 Å². The zero-order valence-corrected chi connectivity index (χ0v) is 16.3. The number of rotatable bonds is 7. The molecule has 0 saturated heterocycles. The van der Waals surface area contributed by atoms with E-state index in [1.165, 1.54) is 12.1 Å². The van der Waals surface area contributed by atoms with Crippen LogP contribution in [0.1, 0.15) is 27.2 Å². The fraction of sp³-hybridized carbons (Fsp3) is 0.538. The maximum absolute atomic E-state index is 12.6. The number of nitrogens with two attached hydrogens (primary N) is 1. The Morgan fingerprint density at radius 1 is 1.43 bits per heavy atom. The predicted octanol–water partition coefficient (Wildman–Crippen LogP) is 2.82. The zero-order chi connectivity index (χ0) is 17.1. The van der Waals surface area contributed by atoms with Gasteiger partial charge < -0.3 is 5.73 Å². The van der Waals surface area contributed by atoms with Gasteiger partial charge in [-0.15, -0.1) is 12.4 Å². The molecule has 0 aliphatic heterocycles. The Labute approximate surface area is 150 Å². The summed E-state index contributed by atoms with van der Waals surface area (Å²) in [5.74, 6) is 0.216. The lowest BCUT2D eigenvalue weighted by Gasteiger charge is -2.30. The van der Waals surface area contributed by atoms with E-state index < -0.39 is 26.2 Å². The monoisotopic (exact) mass is 429 g/mol. The van der Waals surface area contributed by atoms with Crippen LogP contribution in [0.4, 0.5) is 5.69 Å². The molecule has 0 spiro atoms. The van der Waals surface area contributed by atoms with Gasteiger partial charge in [-0.3, -0.25) is 10.1 Å². The first-order valence-corrected chi connectivity index (χ1v) is 8.96. The highest BCUT2D eigenvalue weighted by Crippen LogP contribution is 2.29. The van der Waals surface area contributed by atoms with Crippen molar-refractivity contribution in [2.75, 3.05) is 6.54 Å². The van der Waals surface area contributed by atoms with E-state index >= 15 is 0 Å². The molecule has 0 aliphatic carbocycles. The van der Waals surface area contributed by atoms with E-state index in [0.717, 1.165) is 6.07 Å². The van der Waals surface area contributed by atoms with Gasteiger partial charge >= 0.3 is 0 Å². The molecular weight excluding hydrogens is 410 g/mol. The van der Waals surface area contributed by atoms with Crippen molar-refractivity contribution in [3.63, 3.8) is 0 Å². The molecular formula is C13H21BrClN3O4S. The second kappa shape index (κ2) is 8.39. The van der Waals surface area contributed by atoms with Crippen LogP contribution >= 0.6 is 28.3 Å². The number of hydrogen-bond donors (Lipinski definition) is 2. The predicted molar refractivity (Wildman–Crippen MR) is 95.3 cm³/mol. The Balaban J connectivity index is 0.00000484. The fourth-order valence-electron chi connectivity index (χ4n) is 2.30. The molecule has 10 heteroatoms. The second-order valence-electron chi connectivity index (χ2n) is 5.84. The number of hydrogen-bond acceptors (Lipinski definition) is 5. The average Bonchev–Trinajstić information content (AvgIpc) is 2.36. The summed E-state index contributed by atoms with van der Waals surface area (Å²) in [5.41, 5.74) is 4.35. The van der Waals surface area contributed by atoms with E-state index in [9.17, 15) is 18.5 Å². The van der Waals surface area contributed by atoms with Gasteiger partial charge in [0.15, 0.2) is 4.90 Å². The molecule has 23 heavy (non-hydrogen) atoms. The summed E-state index contributed by atoms with van der Waals surface area (Å²) in [6.45, 7) is 5.67. The molecule has 132 valence electrons. The van der Waals surface area contributed by atoms with Crippen LogP contribution in [0.15, 0.2) is 27.6 Å². The summed E-state index contributed by atoms with van der Waals surface area (Å²) in [6, 6.07) is 3.79. The van der Waals surface area contributed by atoms with Gasteiger partial charge in [-0.2, -0.15) is 0 Å². The van der Waals surface area contributed by atoms with E-state index in [4.69, 9.17) is 5.73 Å². The third-order valence-electron chi connectivity index (χ3n) is 3.10. The van der Waals surface area contributed by atoms with Crippen LogP contribution in [0, 0.1) is 16.0 Å². The minimum absolute atomic E-state index is 0. The number of sulfonamides is 1. The number of nitrogens with zero attached hydrogens (tertiary/aromatic N) is 1. The standard InChI is InChI=1S/C13H20BrN3O4S.ClH/c1-9(2)7-13(3,8-15)16-22(20,21)12-6-10(14)4-5-11(12)17(18)19;/h4-6,9,16H,7-8,15H2,1-3H3;1H. The van der Waals surface area contributed by atoms with Gasteiger partial charge in [0.2, 0.25) is 10.0 Å². The third-order valence-corrected chi connectivity index (χ3v) is 5.26. The van der Waals surface area contributed by atoms with Crippen LogP contribution in [0.2, 0.25) is 0 Å². The highest BCUT2D eigenvalue weighted by atomic mass is 79.9. The van der Waals surface area contributed by atoms with Gasteiger partial charge in [-0.05, 0) is 31.4 Å². The SMILES string of the molecule is CC(C)CC(C)(CN)NS(=O)(=O)c1cc(Br)ccc1[N+](=O)[O-].Cl. The summed E-state index contributed by atoms with van der Waals surface area (Å²) in [5, 5.41) is 11.1. The van der Waals surface area contributed by atoms with Crippen molar-refractivity contribution < 1.29 is 13.3 Å². The molecule has 0 radical (unpaired) electrons. The normalized spacial score (nSPS) is 14.2. The van der Waals surface area contributed by atoms with Crippen molar-refractivity contribution in [2.24, 2.45) is 11.7 Å². The second-order valence-corrected chi connectivity index (χ2v) is 8.40. The Hall–Kier alpha value is -0.740. The van der Waals surface area contributed by atoms with E-state index in [1.807, 2.05) is 13.8 Å². The zero-order valence-electron chi connectivity index (χ0n) is 13.1. The topological polar surface area (TPSA) is 115 Å². The van der Waals surface area contributed by atoms with Crippen molar-refractivity contribution in [2.45, 2.75) is 37.6 Å². The average molecular weight is 431 g/mol. The number of nitro groups is 1. The van der Waals surface area contributed by atoms with Crippen molar-refractivity contribution >= 4 is 44.0 Å². The molecule has 0 amide bonds. The maximum Gasteiger partial charge on any atom is 0.289 e. The summed E-state index contributed by atoms with van der Waals surface area (Å²) < 4.78 is 28.1. The molecule has 0 saturated carbocycles. The van der Waals surface area contributed by atoms with Crippen molar-refractivity contribution in [3.05, 3.63) is 32.8 Å². The molecule has 1 atom stereocenters. The first-order chi connectivity index (χ1) is 10.0. The maximum atomic E-state index is 12.6. The molecule has 0 aromatic heterocycles. The van der Waals surface area contributed by atoms with Gasteiger partial charge in [-0.25, -0.2) is 13.1 Å². The lowest BCUT2D eigenvalue weighted by Crippen LogP contribution is -2.52. The molecule has 1 unspecified atom stereocenters. The van der Waals surface area contributed by atoms with Gasteiger partial charge in [0, 0.05) is 22.6 Å². The molecule has 0 heterocycles. The summed E-state index contributed by atoms with van der Waals surface area (Å²) in [7, 11) is -4.08. The van der Waals surface area contributed by atoms with E-state index in [-0.39, 0.29) is 29.8 Å². The van der Waals surface area contributed by atoms with E-state index in [2.05, 4.69) is 20.7 Å². The van der Waals surface area contributed by atoms with Crippen LogP contribution in [0.5, 0.6) is 0 Å². The number of nitro benzene ring substituents is 1. The van der Waals surface area contributed by atoms with Crippen molar-refractivity contribution in [1.29, 1.82) is 0 Å². The number of nitrogens with one attached hydrogen (secondary N) is 1. The number of halogens is 2. The minimum atomic E-state index is -4.08. The quantitative estimate of drug-likeness (QED) is 0.510. The Morgan fingerprint density at radius 3 is 2.43 bits per heavy atom. The molecule has 0 aliphatic rings. The molecule has 1 aromatic carbocycles. The van der Waals surface area contributed by atoms with Crippen LogP contribution in [-0.4, -0.2) is 25.4 Å². The van der Waals surface area contributed by atoms with Crippen LogP contribution in [0.25, 0.3) is 0 Å². The lowest BCUT2D eigenvalue weighted by atomic mass is 9.92. The van der Waals surface area contributed by atoms with Gasteiger partial charge in [0.25, 0.3) is 5.69 Å². The first-order valence-electron chi connectivity index (χ1n) is 6.69. The highest BCUT2D eigenvalue weighted by molar-refractivity contribution is 9.10. The smallest absolute Gasteiger partial charge is 0.289 e. The molecule has 0 fully saturated rings. The van der Waals surface area contributed by atoms with Crippen molar-refractivity contribution in [3.8, 4) is 0 Å². The first kappa shape index (κ1) is 22.3. The van der Waals surface area contributed by atoms with Crippen LogP contribution in [0.3, 0.4) is 0 Å². The highest BCUT2D eigenvalue weighted by Gasteiger charge is 2.34. The molecule has 7 nitrogen and oxygen atoms in total. The Bertz CT molecular complexity index is 669. The number of benzene rings is 1. The molecule has 1 aromatic rings. The fourth-order valence-corrected chi connectivity index (χ4v) is 4.44. The summed E-state index contributed by atoms with van der Waals surface area (Å²) in [6.07, 6.45) is 0.518. The van der Waals surface area contributed by atoms with Gasteiger partial charge in [-0.1, -0.05) is 29.8 Å². The Kier molecular flexibility index (Phi) is 8.12. The van der Waals surface area contributed by atoms with Crippen LogP contribution in [-0.2, 0) is 10.0 Å². The molecule has 3 N–H and O–H groups in total. The lowest BCUT2D eigenvalue weighted by molar-refractivity contribution is -0.387. The van der Waals surface area contributed by atoms with E-state index in [1.54, 1.807) is 6.92 Å². The van der Waals surface area contributed by atoms with Crippen LogP contribution < -0.4 is 10.5 Å². The molecule has 0 bridgehead atoms. The summed E-state index contributed by atoms with van der Waals surface area (Å²) in [4.78, 5) is 9.97. The third kappa shape index (κ3) is 6.00. The van der Waals surface area contributed by atoms with Crippen molar-refractivity contribution in [1.82, 2.24) is 4.72 Å². The minimum Gasteiger partial charge on any atom is -0.329 e. The molecule has 1 rings (SSSR count). The summed E-state index contributed by atoms with van der Waals surface area (Å²) >= 11 is 3.14.